The molecule has 2 aromatic rings. The van der Waals surface area contributed by atoms with Gasteiger partial charge < -0.3 is 10.2 Å². The van der Waals surface area contributed by atoms with Gasteiger partial charge in [-0.15, -0.1) is 0 Å². The zero-order valence-electron chi connectivity index (χ0n) is 14.4. The van der Waals surface area contributed by atoms with Crippen LogP contribution >= 0.6 is 0 Å². The number of carbonyl (C=O) groups excluding carboxylic acids is 1. The van der Waals surface area contributed by atoms with Crippen molar-refractivity contribution in [1.82, 2.24) is 9.97 Å². The van der Waals surface area contributed by atoms with Crippen LogP contribution in [0.1, 0.15) is 48.3 Å². The van der Waals surface area contributed by atoms with Gasteiger partial charge in [0.05, 0.1) is 0 Å². The molecular formula is C19H24N4O. The van der Waals surface area contributed by atoms with Crippen LogP contribution in [-0.4, -0.2) is 29.0 Å². The molecule has 0 radical (unpaired) electrons. The van der Waals surface area contributed by atoms with Gasteiger partial charge in [-0.3, -0.25) is 4.79 Å². The average molecular weight is 324 g/mol. The van der Waals surface area contributed by atoms with E-state index in [1.807, 2.05) is 6.07 Å². The lowest BCUT2D eigenvalue weighted by molar-refractivity contribution is 0.102. The summed E-state index contributed by atoms with van der Waals surface area (Å²) in [7, 11) is 0. The first-order valence-electron chi connectivity index (χ1n) is 8.73. The summed E-state index contributed by atoms with van der Waals surface area (Å²) in [6.45, 7) is 6.12. The highest BCUT2D eigenvalue weighted by molar-refractivity contribution is 6.03. The van der Waals surface area contributed by atoms with Gasteiger partial charge in [0.1, 0.15) is 5.69 Å². The molecule has 3 rings (SSSR count). The van der Waals surface area contributed by atoms with Crippen molar-refractivity contribution < 1.29 is 4.79 Å². The van der Waals surface area contributed by atoms with Gasteiger partial charge in [0.2, 0.25) is 5.95 Å². The quantitative estimate of drug-likeness (QED) is 0.915. The molecule has 1 aromatic carbocycles. The zero-order chi connectivity index (χ0) is 16.9. The monoisotopic (exact) mass is 324 g/mol. The third-order valence-electron chi connectivity index (χ3n) is 4.50. The summed E-state index contributed by atoms with van der Waals surface area (Å²) in [5, 5.41) is 3.07. The van der Waals surface area contributed by atoms with Crippen molar-refractivity contribution in [2.45, 2.75) is 39.5 Å². The van der Waals surface area contributed by atoms with Crippen molar-refractivity contribution in [2.75, 3.05) is 23.3 Å². The highest BCUT2D eigenvalue weighted by atomic mass is 16.1. The van der Waals surface area contributed by atoms with E-state index in [4.69, 9.17) is 0 Å². The van der Waals surface area contributed by atoms with Crippen LogP contribution in [0.25, 0.3) is 0 Å². The van der Waals surface area contributed by atoms with E-state index in [-0.39, 0.29) is 5.91 Å². The first-order chi connectivity index (χ1) is 11.7. The van der Waals surface area contributed by atoms with Crippen LogP contribution in [0.2, 0.25) is 0 Å². The number of amides is 1. The number of nitrogens with zero attached hydrogens (tertiary/aromatic N) is 3. The smallest absolute Gasteiger partial charge is 0.274 e. The number of carbonyl (C=O) groups is 1. The van der Waals surface area contributed by atoms with Gasteiger partial charge in [-0.25, -0.2) is 9.97 Å². The Labute approximate surface area is 143 Å². The van der Waals surface area contributed by atoms with Crippen LogP contribution in [0.15, 0.2) is 30.5 Å². The van der Waals surface area contributed by atoms with E-state index in [1.54, 1.807) is 12.3 Å². The molecular weight excluding hydrogens is 300 g/mol. The second-order valence-electron chi connectivity index (χ2n) is 6.05. The minimum Gasteiger partial charge on any atom is -0.341 e. The minimum atomic E-state index is -0.173. The summed E-state index contributed by atoms with van der Waals surface area (Å²) >= 11 is 0. The van der Waals surface area contributed by atoms with Crippen molar-refractivity contribution >= 4 is 17.5 Å². The molecule has 0 atom stereocenters. The van der Waals surface area contributed by atoms with Crippen molar-refractivity contribution in [1.29, 1.82) is 0 Å². The molecule has 0 unspecified atom stereocenters. The van der Waals surface area contributed by atoms with Crippen LogP contribution in [0.4, 0.5) is 11.6 Å². The Morgan fingerprint density at radius 1 is 1.12 bits per heavy atom. The molecule has 0 spiro atoms. The fourth-order valence-electron chi connectivity index (χ4n) is 3.13. The molecule has 0 aliphatic carbocycles. The van der Waals surface area contributed by atoms with Crippen molar-refractivity contribution in [3.8, 4) is 0 Å². The van der Waals surface area contributed by atoms with E-state index < -0.39 is 0 Å². The lowest BCUT2D eigenvalue weighted by Gasteiger charge is -2.16. The highest BCUT2D eigenvalue weighted by Gasteiger charge is 2.18. The van der Waals surface area contributed by atoms with Crippen molar-refractivity contribution in [2.24, 2.45) is 0 Å². The molecule has 126 valence electrons. The largest absolute Gasteiger partial charge is 0.341 e. The fourth-order valence-corrected chi connectivity index (χ4v) is 3.13. The lowest BCUT2D eigenvalue weighted by atomic mass is 10.0. The van der Waals surface area contributed by atoms with E-state index in [2.05, 4.69) is 46.2 Å². The number of aromatic nitrogens is 2. The maximum Gasteiger partial charge on any atom is 0.274 e. The van der Waals surface area contributed by atoms with Gasteiger partial charge in [-0.2, -0.15) is 0 Å². The second kappa shape index (κ2) is 7.43. The molecule has 1 aliphatic rings. The second-order valence-corrected chi connectivity index (χ2v) is 6.05. The van der Waals surface area contributed by atoms with Crippen molar-refractivity contribution in [3.05, 3.63) is 47.3 Å². The maximum atomic E-state index is 12.7. The number of hydrogen-bond acceptors (Lipinski definition) is 4. The average Bonchev–Trinajstić information content (AvgIpc) is 3.16. The molecule has 5 heteroatoms. The molecule has 1 fully saturated rings. The Balaban J connectivity index is 1.84. The van der Waals surface area contributed by atoms with E-state index >= 15 is 0 Å². The van der Waals surface area contributed by atoms with E-state index in [9.17, 15) is 4.79 Å². The standard InChI is InChI=1S/C19H24N4O/c1-3-14-8-7-9-15(4-2)17(14)22-18(24)16-10-11-20-19(21-16)23-12-5-6-13-23/h7-11H,3-6,12-13H2,1-2H3,(H,22,24). The molecule has 1 saturated heterocycles. The van der Waals surface area contributed by atoms with E-state index in [0.29, 0.717) is 11.6 Å². The maximum absolute atomic E-state index is 12.7. The normalized spacial score (nSPS) is 14.0. The lowest BCUT2D eigenvalue weighted by Crippen LogP contribution is -2.23. The van der Waals surface area contributed by atoms with Crippen LogP contribution in [-0.2, 0) is 12.8 Å². The predicted molar refractivity (Wildman–Crippen MR) is 96.6 cm³/mol. The topological polar surface area (TPSA) is 58.1 Å². The van der Waals surface area contributed by atoms with E-state index in [1.165, 1.54) is 0 Å². The number of anilines is 2. The number of hydrogen-bond donors (Lipinski definition) is 1. The van der Waals surface area contributed by atoms with Crippen LogP contribution in [0.3, 0.4) is 0 Å². The Kier molecular flexibility index (Phi) is 5.08. The van der Waals surface area contributed by atoms with Gasteiger partial charge in [0.15, 0.2) is 0 Å². The predicted octanol–water partition coefficient (Wildman–Crippen LogP) is 3.45. The molecule has 0 saturated carbocycles. The fraction of sp³-hybridized carbons (Fsp3) is 0.421. The SMILES string of the molecule is CCc1cccc(CC)c1NC(=O)c1ccnc(N2CCCC2)n1. The molecule has 1 aromatic heterocycles. The molecule has 1 amide bonds. The highest BCUT2D eigenvalue weighted by Crippen LogP contribution is 2.23. The number of aryl methyl sites for hydroxylation is 2. The molecule has 24 heavy (non-hydrogen) atoms. The van der Waals surface area contributed by atoms with Gasteiger partial charge in [0, 0.05) is 25.0 Å². The molecule has 1 N–H and O–H groups in total. The number of benzene rings is 1. The van der Waals surface area contributed by atoms with Crippen LogP contribution in [0.5, 0.6) is 0 Å². The Morgan fingerprint density at radius 3 is 2.42 bits per heavy atom. The Morgan fingerprint density at radius 2 is 1.79 bits per heavy atom. The number of rotatable bonds is 5. The number of para-hydroxylation sites is 1. The Bertz CT molecular complexity index is 701. The van der Waals surface area contributed by atoms with Crippen LogP contribution < -0.4 is 10.2 Å². The summed E-state index contributed by atoms with van der Waals surface area (Å²) in [6.07, 6.45) is 5.74. The van der Waals surface area contributed by atoms with E-state index in [0.717, 1.165) is 55.6 Å². The first kappa shape index (κ1) is 16.4. The number of nitrogens with one attached hydrogen (secondary N) is 1. The van der Waals surface area contributed by atoms with Gasteiger partial charge in [0.25, 0.3) is 5.91 Å². The zero-order valence-corrected chi connectivity index (χ0v) is 14.4. The molecule has 1 aliphatic heterocycles. The summed E-state index contributed by atoms with van der Waals surface area (Å²) < 4.78 is 0. The van der Waals surface area contributed by atoms with Gasteiger partial charge in [-0.1, -0.05) is 32.0 Å². The molecule has 0 bridgehead atoms. The minimum absolute atomic E-state index is 0.173. The third-order valence-corrected chi connectivity index (χ3v) is 4.50. The molecule has 5 nitrogen and oxygen atoms in total. The summed E-state index contributed by atoms with van der Waals surface area (Å²) in [5.74, 6) is 0.480. The summed E-state index contributed by atoms with van der Waals surface area (Å²) in [6, 6.07) is 7.84. The molecule has 2 heterocycles. The van der Waals surface area contributed by atoms with Gasteiger partial charge >= 0.3 is 0 Å². The summed E-state index contributed by atoms with van der Waals surface area (Å²) in [4.78, 5) is 23.6. The first-order valence-corrected chi connectivity index (χ1v) is 8.73. The third kappa shape index (κ3) is 3.40. The van der Waals surface area contributed by atoms with Gasteiger partial charge in [-0.05, 0) is 42.9 Å². The summed E-state index contributed by atoms with van der Waals surface area (Å²) in [5.41, 5.74) is 3.64. The van der Waals surface area contributed by atoms with Crippen molar-refractivity contribution in [3.63, 3.8) is 0 Å². The van der Waals surface area contributed by atoms with Crippen LogP contribution in [0, 0.1) is 0 Å². The Hall–Kier alpha value is -2.43.